The van der Waals surface area contributed by atoms with E-state index >= 15 is 0 Å². The number of carboxylic acid groups (broad SMARTS) is 1. The second-order valence-corrected chi connectivity index (χ2v) is 4.52. The highest BCUT2D eigenvalue weighted by molar-refractivity contribution is 5.90. The number of rotatable bonds is 7. The molecule has 5 N–H and O–H groups in total. The summed E-state index contributed by atoms with van der Waals surface area (Å²) in [4.78, 5) is 33.6. The van der Waals surface area contributed by atoms with E-state index in [2.05, 4.69) is 10.6 Å². The number of carbonyl (C=O) groups is 3. The molecule has 2 atom stereocenters. The second-order valence-electron chi connectivity index (χ2n) is 4.52. The lowest BCUT2D eigenvalue weighted by Crippen LogP contribution is -2.51. The van der Waals surface area contributed by atoms with Crippen LogP contribution in [0.1, 0.15) is 27.2 Å². The summed E-state index contributed by atoms with van der Waals surface area (Å²) in [5.74, 6) is -1.95. The highest BCUT2D eigenvalue weighted by atomic mass is 16.5. The summed E-state index contributed by atoms with van der Waals surface area (Å²) in [5, 5.41) is 13.7. The molecule has 0 heterocycles. The first-order valence-corrected chi connectivity index (χ1v) is 5.80. The Kier molecular flexibility index (Phi) is 6.96. The minimum atomic E-state index is -1.09. The highest BCUT2D eigenvalue weighted by Gasteiger charge is 2.24. The number of nitrogens with one attached hydrogen (secondary N) is 2. The fraction of sp³-hybridized carbons (Fsp3) is 0.727. The Bertz CT molecular complexity index is 317. The van der Waals surface area contributed by atoms with Gasteiger partial charge in [-0.15, -0.1) is 0 Å². The SMILES string of the molecule is [13CH3][13CH]([13CH3])[13CH2][13C@H]([15NH][13C](=O)[13C@H]([13CH3])[15NH]C(=O)CN)[13C](=O)O. The molecule has 0 aromatic rings. The topological polar surface area (TPSA) is 122 Å². The van der Waals surface area contributed by atoms with Gasteiger partial charge in [0.2, 0.25) is 11.8 Å². The predicted octanol–water partition coefficient (Wildman–Crippen LogP) is -0.935. The summed E-state index contributed by atoms with van der Waals surface area (Å²) >= 11 is 0. The first-order valence-electron chi connectivity index (χ1n) is 5.80. The molecule has 0 fully saturated rings. The van der Waals surface area contributed by atoms with Gasteiger partial charge in [0, 0.05) is 0 Å². The average molecular weight is 270 g/mol. The molecule has 0 aliphatic heterocycles. The fourth-order valence-electron chi connectivity index (χ4n) is 1.36. The molecule has 0 aliphatic rings. The van der Waals surface area contributed by atoms with Gasteiger partial charge >= 0.3 is 5.97 Å². The van der Waals surface area contributed by atoms with Crippen molar-refractivity contribution in [2.24, 2.45) is 11.7 Å². The molecule has 0 bridgehead atoms. The van der Waals surface area contributed by atoms with Crippen LogP contribution in [-0.4, -0.2) is 41.5 Å². The molecule has 2 amide bonds. The van der Waals surface area contributed by atoms with Crippen LogP contribution >= 0.6 is 0 Å². The van der Waals surface area contributed by atoms with Crippen molar-refractivity contribution in [3.8, 4) is 0 Å². The van der Waals surface area contributed by atoms with E-state index < -0.39 is 29.9 Å². The van der Waals surface area contributed by atoms with E-state index in [9.17, 15) is 14.4 Å². The Morgan fingerprint density at radius 2 is 1.72 bits per heavy atom. The van der Waals surface area contributed by atoms with Crippen LogP contribution in [0.4, 0.5) is 0 Å². The number of carbonyl (C=O) groups excluding carboxylic acids is 2. The van der Waals surface area contributed by atoms with Gasteiger partial charge in [-0.1, -0.05) is 13.8 Å². The van der Waals surface area contributed by atoms with Crippen LogP contribution in [0.3, 0.4) is 0 Å². The Hall–Kier alpha value is -1.63. The summed E-state index contributed by atoms with van der Waals surface area (Å²) in [6, 6.07) is -1.76. The van der Waals surface area contributed by atoms with Gasteiger partial charge in [-0.05, 0) is 19.3 Å². The molecule has 0 spiro atoms. The van der Waals surface area contributed by atoms with Crippen molar-refractivity contribution in [1.82, 2.24) is 10.6 Å². The van der Waals surface area contributed by atoms with Crippen LogP contribution in [0.15, 0.2) is 0 Å². The van der Waals surface area contributed by atoms with Crippen LogP contribution < -0.4 is 16.4 Å². The van der Waals surface area contributed by atoms with Gasteiger partial charge in [0.25, 0.3) is 0 Å². The van der Waals surface area contributed by atoms with Gasteiger partial charge in [0.15, 0.2) is 0 Å². The van der Waals surface area contributed by atoms with E-state index in [1.165, 1.54) is 6.92 Å². The van der Waals surface area contributed by atoms with Gasteiger partial charge in [-0.25, -0.2) is 4.79 Å². The largest absolute Gasteiger partial charge is 0.480 e. The lowest BCUT2D eigenvalue weighted by molar-refractivity contribution is -0.142. The van der Waals surface area contributed by atoms with Crippen molar-refractivity contribution < 1.29 is 19.5 Å². The summed E-state index contributed by atoms with van der Waals surface area (Å²) in [5.41, 5.74) is 5.10. The Morgan fingerprint density at radius 1 is 1.17 bits per heavy atom. The molecule has 104 valence electrons. The van der Waals surface area contributed by atoms with Crippen molar-refractivity contribution in [1.29, 1.82) is 0 Å². The number of aliphatic carboxylic acids is 1. The molecule has 0 saturated carbocycles. The monoisotopic (exact) mass is 270 g/mol. The number of hydrogen-bond donors (Lipinski definition) is 4. The summed E-state index contributed by atoms with van der Waals surface area (Å²) in [6.07, 6.45) is 0.332. The zero-order chi connectivity index (χ0) is 14.3. The molecule has 0 aliphatic carbocycles. The van der Waals surface area contributed by atoms with Crippen LogP contribution in [0.25, 0.3) is 0 Å². The Balaban J connectivity index is 4.41. The van der Waals surface area contributed by atoms with E-state index in [-0.39, 0.29) is 12.5 Å². The molecular weight excluding hydrogens is 249 g/mol. The number of amides is 2. The zero-order valence-corrected chi connectivity index (χ0v) is 10.9. The highest BCUT2D eigenvalue weighted by Crippen LogP contribution is 2.05. The Labute approximate surface area is 106 Å². The van der Waals surface area contributed by atoms with Crippen molar-refractivity contribution in [2.75, 3.05) is 6.54 Å². The van der Waals surface area contributed by atoms with Gasteiger partial charge < -0.3 is 21.5 Å². The van der Waals surface area contributed by atoms with Crippen molar-refractivity contribution in [3.05, 3.63) is 0 Å². The maximum Gasteiger partial charge on any atom is 0.326 e. The lowest BCUT2D eigenvalue weighted by Gasteiger charge is -2.19. The van der Waals surface area contributed by atoms with Gasteiger partial charge in [-0.3, -0.25) is 9.59 Å². The van der Waals surface area contributed by atoms with Crippen LogP contribution in [-0.2, 0) is 14.4 Å². The maximum absolute atomic E-state index is 11.7. The van der Waals surface area contributed by atoms with Crippen molar-refractivity contribution in [3.63, 3.8) is 0 Å². The normalized spacial score (nSPS) is 13.8. The lowest BCUT2D eigenvalue weighted by atomic mass is 10.7. The van der Waals surface area contributed by atoms with Gasteiger partial charge in [0.1, 0.15) is 12.1 Å². The van der Waals surface area contributed by atoms with E-state index in [0.717, 1.165) is 0 Å². The minimum Gasteiger partial charge on any atom is -0.480 e. The number of hydrogen-bond acceptors (Lipinski definition) is 4. The summed E-state index contributed by atoms with van der Waals surface area (Å²) in [7, 11) is 0. The second kappa shape index (κ2) is 7.65. The third-order valence-electron chi connectivity index (χ3n) is 2.28. The van der Waals surface area contributed by atoms with Gasteiger partial charge in [0.05, 0.1) is 6.54 Å². The van der Waals surface area contributed by atoms with Crippen LogP contribution in [0.5, 0.6) is 0 Å². The molecule has 0 saturated heterocycles. The first-order chi connectivity index (χ1) is 8.27. The van der Waals surface area contributed by atoms with E-state index in [4.69, 9.17) is 10.8 Å². The van der Waals surface area contributed by atoms with Gasteiger partial charge in [-0.2, -0.15) is 0 Å². The molecule has 0 aromatic heterocycles. The van der Waals surface area contributed by atoms with Crippen LogP contribution in [0.2, 0.25) is 0 Å². The first kappa shape index (κ1) is 16.4. The van der Waals surface area contributed by atoms with E-state index in [0.29, 0.717) is 6.42 Å². The third kappa shape index (κ3) is 6.19. The minimum absolute atomic E-state index is 0.139. The summed E-state index contributed by atoms with van der Waals surface area (Å²) < 4.78 is 0. The van der Waals surface area contributed by atoms with Crippen molar-refractivity contribution >= 4 is 17.8 Å². The fourth-order valence-corrected chi connectivity index (χ4v) is 1.36. The number of carboxylic acids is 1. The predicted molar refractivity (Wildman–Crippen MR) is 65.7 cm³/mol. The van der Waals surface area contributed by atoms with E-state index in [1.807, 2.05) is 13.8 Å². The zero-order valence-electron chi connectivity index (χ0n) is 10.9. The number of nitrogens with two attached hydrogens (primary N) is 1. The smallest absolute Gasteiger partial charge is 0.326 e. The molecule has 7 nitrogen and oxygen atoms in total. The standard InChI is InChI=1S/C11H21N3O4/c1-6(2)4-8(11(17)18)14-10(16)7(3)13-9(15)5-12/h6-8H,4-5,12H2,1-3H3,(H,13,15)(H,14,16)(H,17,18)/t7-,8-/m0/s1/i1+1,2+1,3+1,4+1,6+1,7+1,8+1,10+1,11+1,13+1,14+1. The maximum atomic E-state index is 11.7. The molecule has 18 heavy (non-hydrogen) atoms. The quantitative estimate of drug-likeness (QED) is 0.351. The molecular formula is C11H21N3O4. The van der Waals surface area contributed by atoms with Crippen LogP contribution in [0, 0.1) is 5.92 Å². The van der Waals surface area contributed by atoms with E-state index in [1.54, 1.807) is 0 Å². The van der Waals surface area contributed by atoms with Crippen molar-refractivity contribution in [2.45, 2.75) is 39.3 Å². The molecule has 0 aromatic carbocycles. The summed E-state index contributed by atoms with van der Waals surface area (Å²) in [6.45, 7) is 4.98. The Morgan fingerprint density at radius 3 is 2.11 bits per heavy atom. The molecule has 0 unspecified atom stereocenters. The molecule has 7 heteroatoms. The molecule has 0 radical (unpaired) electrons. The molecule has 0 rings (SSSR count). The third-order valence-corrected chi connectivity index (χ3v) is 2.28. The average Bonchev–Trinajstić information content (AvgIpc) is 2.26.